The summed E-state index contributed by atoms with van der Waals surface area (Å²) in [6.07, 6.45) is 2.98. The highest BCUT2D eigenvalue weighted by molar-refractivity contribution is 4.88. The minimum absolute atomic E-state index is 0.405. The summed E-state index contributed by atoms with van der Waals surface area (Å²) in [4.78, 5) is 4.25. The van der Waals surface area contributed by atoms with Crippen molar-refractivity contribution >= 4 is 0 Å². The van der Waals surface area contributed by atoms with E-state index in [4.69, 9.17) is 9.26 Å². The number of nitrogens with zero attached hydrogens (tertiary/aromatic N) is 2. The molecule has 1 rings (SSSR count). The highest BCUT2D eigenvalue weighted by atomic mass is 16.5. The molecule has 0 bridgehead atoms. The average Bonchev–Trinajstić information content (AvgIpc) is 2.72. The van der Waals surface area contributed by atoms with E-state index in [-0.39, 0.29) is 0 Å². The van der Waals surface area contributed by atoms with Crippen molar-refractivity contribution in [1.82, 2.24) is 15.5 Å². The number of methoxy groups -OCH3 is 1. The lowest BCUT2D eigenvalue weighted by Crippen LogP contribution is -2.31. The van der Waals surface area contributed by atoms with Gasteiger partial charge in [0.15, 0.2) is 5.82 Å². The van der Waals surface area contributed by atoms with Crippen LogP contribution >= 0.6 is 0 Å². The maximum absolute atomic E-state index is 5.15. The van der Waals surface area contributed by atoms with Crippen LogP contribution in [0.5, 0.6) is 0 Å². The molecule has 5 nitrogen and oxygen atoms in total. The van der Waals surface area contributed by atoms with Gasteiger partial charge in [0.05, 0.1) is 0 Å². The van der Waals surface area contributed by atoms with Crippen LogP contribution in [0, 0.1) is 0 Å². The highest BCUT2D eigenvalue weighted by Gasteiger charge is 2.12. The van der Waals surface area contributed by atoms with Crippen molar-refractivity contribution in [2.45, 2.75) is 45.8 Å². The molecule has 92 valence electrons. The Morgan fingerprint density at radius 2 is 2.25 bits per heavy atom. The van der Waals surface area contributed by atoms with Crippen LogP contribution in [-0.4, -0.2) is 29.8 Å². The van der Waals surface area contributed by atoms with Gasteiger partial charge in [-0.1, -0.05) is 19.0 Å². The van der Waals surface area contributed by atoms with Crippen molar-refractivity contribution in [1.29, 1.82) is 0 Å². The molecule has 0 aliphatic heterocycles. The fourth-order valence-electron chi connectivity index (χ4n) is 1.48. The fourth-order valence-corrected chi connectivity index (χ4v) is 1.48. The Morgan fingerprint density at radius 3 is 2.88 bits per heavy atom. The summed E-state index contributed by atoms with van der Waals surface area (Å²) in [6.45, 7) is 5.74. The van der Waals surface area contributed by atoms with Gasteiger partial charge < -0.3 is 14.6 Å². The summed E-state index contributed by atoms with van der Waals surface area (Å²) >= 11 is 0. The summed E-state index contributed by atoms with van der Waals surface area (Å²) < 4.78 is 10.1. The first kappa shape index (κ1) is 13.1. The summed E-state index contributed by atoms with van der Waals surface area (Å²) in [6, 6.07) is 0.413. The van der Waals surface area contributed by atoms with Gasteiger partial charge in [-0.15, -0.1) is 0 Å². The number of hydrogen-bond donors (Lipinski definition) is 1. The molecule has 0 spiro atoms. The van der Waals surface area contributed by atoms with Gasteiger partial charge in [-0.05, 0) is 19.4 Å². The second kappa shape index (κ2) is 7.35. The van der Waals surface area contributed by atoms with Crippen LogP contribution in [0.25, 0.3) is 0 Å². The lowest BCUT2D eigenvalue weighted by atomic mass is 10.1. The molecule has 16 heavy (non-hydrogen) atoms. The summed E-state index contributed by atoms with van der Waals surface area (Å²) in [7, 11) is 1.62. The zero-order chi connectivity index (χ0) is 11.8. The predicted molar refractivity (Wildman–Crippen MR) is 61.1 cm³/mol. The normalized spacial score (nSPS) is 12.9. The monoisotopic (exact) mass is 227 g/mol. The number of hydrogen-bond acceptors (Lipinski definition) is 5. The molecule has 1 aromatic rings. The Hall–Kier alpha value is -0.940. The molecule has 0 aliphatic rings. The zero-order valence-corrected chi connectivity index (χ0v) is 10.3. The third kappa shape index (κ3) is 4.28. The summed E-state index contributed by atoms with van der Waals surface area (Å²) in [5.74, 6) is 1.30. The van der Waals surface area contributed by atoms with Gasteiger partial charge in [-0.2, -0.15) is 4.98 Å². The Balaban J connectivity index is 2.43. The minimum atomic E-state index is 0.405. The Bertz CT molecular complexity index is 289. The van der Waals surface area contributed by atoms with Crippen LogP contribution in [0.3, 0.4) is 0 Å². The van der Waals surface area contributed by atoms with E-state index in [9.17, 15) is 0 Å². The summed E-state index contributed by atoms with van der Waals surface area (Å²) in [5, 5.41) is 7.28. The molecule has 1 heterocycles. The Labute approximate surface area is 96.6 Å². The second-order valence-corrected chi connectivity index (χ2v) is 3.80. The van der Waals surface area contributed by atoms with Crippen LogP contribution in [0.15, 0.2) is 4.52 Å². The smallest absolute Gasteiger partial charge is 0.228 e. The first-order chi connectivity index (χ1) is 7.80. The molecular weight excluding hydrogens is 206 g/mol. The van der Waals surface area contributed by atoms with E-state index in [1.54, 1.807) is 7.11 Å². The van der Waals surface area contributed by atoms with Crippen molar-refractivity contribution in [3.63, 3.8) is 0 Å². The topological polar surface area (TPSA) is 60.2 Å². The second-order valence-electron chi connectivity index (χ2n) is 3.80. The molecule has 0 fully saturated rings. The predicted octanol–water partition coefficient (Wildman–Crippen LogP) is 1.54. The highest BCUT2D eigenvalue weighted by Crippen LogP contribution is 2.04. The minimum Gasteiger partial charge on any atom is -0.377 e. The largest absolute Gasteiger partial charge is 0.377 e. The average molecular weight is 227 g/mol. The molecule has 5 heteroatoms. The molecule has 1 N–H and O–H groups in total. The van der Waals surface area contributed by atoms with Crippen LogP contribution < -0.4 is 5.32 Å². The number of ether oxygens (including phenoxy) is 1. The van der Waals surface area contributed by atoms with E-state index in [0.29, 0.717) is 24.4 Å². The van der Waals surface area contributed by atoms with E-state index in [0.717, 1.165) is 25.8 Å². The molecular formula is C11H21N3O2. The molecule has 0 aromatic carbocycles. The molecule has 0 saturated heterocycles. The quantitative estimate of drug-likeness (QED) is 0.730. The number of aromatic nitrogens is 2. The van der Waals surface area contributed by atoms with Crippen LogP contribution in [0.1, 0.15) is 38.4 Å². The molecule has 0 saturated carbocycles. The molecule has 1 atom stereocenters. The van der Waals surface area contributed by atoms with Gasteiger partial charge in [-0.25, -0.2) is 0 Å². The number of nitrogens with one attached hydrogen (secondary N) is 1. The van der Waals surface area contributed by atoms with Gasteiger partial charge >= 0.3 is 0 Å². The van der Waals surface area contributed by atoms with Crippen LogP contribution in [-0.2, 0) is 17.8 Å². The fraction of sp³-hybridized carbons (Fsp3) is 0.818. The van der Waals surface area contributed by atoms with Gasteiger partial charge in [0.25, 0.3) is 0 Å². The SMILES string of the molecule is CCCNC(CC)Cc1nc(COC)no1. The standard InChI is InChI=1S/C11H21N3O2/c1-4-6-12-9(5-2)7-11-13-10(8-15-3)14-16-11/h9,12H,4-8H2,1-3H3. The Kier molecular flexibility index (Phi) is 6.03. The van der Waals surface area contributed by atoms with E-state index < -0.39 is 0 Å². The van der Waals surface area contributed by atoms with Gasteiger partial charge in [-0.3, -0.25) is 0 Å². The van der Waals surface area contributed by atoms with Gasteiger partial charge in [0, 0.05) is 19.6 Å². The molecule has 1 aromatic heterocycles. The van der Waals surface area contributed by atoms with Gasteiger partial charge in [0.2, 0.25) is 5.89 Å². The van der Waals surface area contributed by atoms with E-state index >= 15 is 0 Å². The van der Waals surface area contributed by atoms with Crippen LogP contribution in [0.2, 0.25) is 0 Å². The van der Waals surface area contributed by atoms with Crippen molar-refractivity contribution in [3.05, 3.63) is 11.7 Å². The maximum atomic E-state index is 5.15. The van der Waals surface area contributed by atoms with Crippen molar-refractivity contribution < 1.29 is 9.26 Å². The van der Waals surface area contributed by atoms with Crippen molar-refractivity contribution in [3.8, 4) is 0 Å². The van der Waals surface area contributed by atoms with Crippen LogP contribution in [0.4, 0.5) is 0 Å². The molecule has 0 aliphatic carbocycles. The lowest BCUT2D eigenvalue weighted by Gasteiger charge is -2.13. The third-order valence-electron chi connectivity index (χ3n) is 2.38. The third-order valence-corrected chi connectivity index (χ3v) is 2.38. The maximum Gasteiger partial charge on any atom is 0.228 e. The zero-order valence-electron chi connectivity index (χ0n) is 10.3. The first-order valence-electron chi connectivity index (χ1n) is 5.83. The summed E-state index contributed by atoms with van der Waals surface area (Å²) in [5.41, 5.74) is 0. The number of rotatable bonds is 8. The molecule has 0 amide bonds. The van der Waals surface area contributed by atoms with E-state index in [1.807, 2.05) is 0 Å². The lowest BCUT2D eigenvalue weighted by molar-refractivity contribution is 0.174. The van der Waals surface area contributed by atoms with E-state index in [2.05, 4.69) is 29.3 Å². The van der Waals surface area contributed by atoms with Crippen molar-refractivity contribution in [2.75, 3.05) is 13.7 Å². The molecule has 1 unspecified atom stereocenters. The Morgan fingerprint density at radius 1 is 1.44 bits per heavy atom. The van der Waals surface area contributed by atoms with Gasteiger partial charge in [0.1, 0.15) is 6.61 Å². The molecule has 0 radical (unpaired) electrons. The first-order valence-corrected chi connectivity index (χ1v) is 5.83. The van der Waals surface area contributed by atoms with E-state index in [1.165, 1.54) is 0 Å². The van der Waals surface area contributed by atoms with Crippen molar-refractivity contribution in [2.24, 2.45) is 0 Å².